The highest BCUT2D eigenvalue weighted by Gasteiger charge is 2.16. The predicted octanol–water partition coefficient (Wildman–Crippen LogP) is 1.50. The van der Waals surface area contributed by atoms with Crippen LogP contribution in [0.4, 0.5) is 0 Å². The molecule has 4 nitrogen and oxygen atoms in total. The Morgan fingerprint density at radius 2 is 2.15 bits per heavy atom. The van der Waals surface area contributed by atoms with Gasteiger partial charge in [0.2, 0.25) is 0 Å². The van der Waals surface area contributed by atoms with Crippen molar-refractivity contribution in [2.75, 3.05) is 12.9 Å². The van der Waals surface area contributed by atoms with Gasteiger partial charge in [-0.2, -0.15) is 0 Å². The minimum Gasteiger partial charge on any atom is -0.756 e. The van der Waals surface area contributed by atoms with Crippen molar-refractivity contribution in [3.8, 4) is 0 Å². The van der Waals surface area contributed by atoms with E-state index >= 15 is 0 Å². The number of phosphoric ester groups is 1. The van der Waals surface area contributed by atoms with Crippen molar-refractivity contribution in [1.82, 2.24) is 0 Å². The Morgan fingerprint density at radius 3 is 2.46 bits per heavy atom. The molecule has 1 N–H and O–H groups in total. The van der Waals surface area contributed by atoms with Crippen LogP contribution in [0.5, 0.6) is 0 Å². The fraction of sp³-hybridized carbons (Fsp3) is 1.00. The lowest BCUT2D eigenvalue weighted by Gasteiger charge is -2.22. The van der Waals surface area contributed by atoms with Gasteiger partial charge in [0.15, 0.2) is 0 Å². The van der Waals surface area contributed by atoms with Crippen LogP contribution in [0.15, 0.2) is 0 Å². The molecule has 0 amide bonds. The molecule has 0 saturated carbocycles. The average Bonchev–Trinajstić information content (AvgIpc) is 1.95. The zero-order chi connectivity index (χ0) is 10.5. The second-order valence-corrected chi connectivity index (χ2v) is 6.71. The van der Waals surface area contributed by atoms with Crippen LogP contribution < -0.4 is 4.89 Å². The quantitative estimate of drug-likeness (QED) is 0.565. The summed E-state index contributed by atoms with van der Waals surface area (Å²) in [6, 6.07) is 0. The third-order valence-electron chi connectivity index (χ3n) is 1.37. The van der Waals surface area contributed by atoms with Crippen molar-refractivity contribution in [3.63, 3.8) is 0 Å². The molecule has 2 atom stereocenters. The summed E-state index contributed by atoms with van der Waals surface area (Å²) >= 11 is 0. The van der Waals surface area contributed by atoms with Crippen LogP contribution in [0, 0.1) is 5.92 Å². The topological polar surface area (TPSA) is 69.6 Å². The van der Waals surface area contributed by atoms with Gasteiger partial charge in [0.1, 0.15) is 0 Å². The van der Waals surface area contributed by atoms with Crippen molar-refractivity contribution in [2.45, 2.75) is 19.1 Å². The van der Waals surface area contributed by atoms with Crippen molar-refractivity contribution in [1.29, 1.82) is 0 Å². The molecule has 80 valence electrons. The maximum Gasteiger partial charge on any atom is 0.265 e. The van der Waals surface area contributed by atoms with Gasteiger partial charge in [-0.15, -0.1) is 0 Å². The second kappa shape index (κ2) is 6.32. The highest BCUT2D eigenvalue weighted by atomic mass is 33.1. The van der Waals surface area contributed by atoms with E-state index in [0.717, 1.165) is 0 Å². The van der Waals surface area contributed by atoms with Crippen LogP contribution in [0.2, 0.25) is 0 Å². The zero-order valence-corrected chi connectivity index (χ0v) is 10.3. The van der Waals surface area contributed by atoms with Crippen LogP contribution >= 0.6 is 29.4 Å². The first-order valence-electron chi connectivity index (χ1n) is 3.74. The molecule has 0 aliphatic carbocycles. The minimum absolute atomic E-state index is 0.0282. The number of rotatable bonds is 6. The van der Waals surface area contributed by atoms with Gasteiger partial charge in [0.25, 0.3) is 7.82 Å². The third-order valence-corrected chi connectivity index (χ3v) is 4.28. The maximum absolute atomic E-state index is 10.3. The smallest absolute Gasteiger partial charge is 0.265 e. The fourth-order valence-electron chi connectivity index (χ4n) is 0.623. The van der Waals surface area contributed by atoms with E-state index < -0.39 is 7.82 Å². The largest absolute Gasteiger partial charge is 0.756 e. The molecule has 0 fully saturated rings. The Bertz CT molecular complexity index is 181. The molecular weight excluding hydrogens is 231 g/mol. The molecule has 0 aromatic heterocycles. The van der Waals surface area contributed by atoms with Crippen LogP contribution in [0.1, 0.15) is 13.8 Å². The summed E-state index contributed by atoms with van der Waals surface area (Å²) in [5, 5.41) is 0.0735. The SMILES string of the molecule is CSS[C@H](COP(=O)([O-])O)C(C)C. The van der Waals surface area contributed by atoms with Gasteiger partial charge in [-0.3, -0.25) is 4.57 Å². The summed E-state index contributed by atoms with van der Waals surface area (Å²) in [5.41, 5.74) is 0. The van der Waals surface area contributed by atoms with Gasteiger partial charge in [0.05, 0.1) is 6.61 Å². The molecule has 0 heterocycles. The normalized spacial score (nSPS) is 18.6. The van der Waals surface area contributed by atoms with Crippen LogP contribution in [0.25, 0.3) is 0 Å². The molecule has 0 spiro atoms. The molecule has 1 unspecified atom stereocenters. The third kappa shape index (κ3) is 7.85. The molecule has 0 radical (unpaired) electrons. The first-order chi connectivity index (χ1) is 5.87. The molecule has 0 aromatic rings. The summed E-state index contributed by atoms with van der Waals surface area (Å²) < 4.78 is 14.6. The Balaban J connectivity index is 3.90. The summed E-state index contributed by atoms with van der Waals surface area (Å²) in [7, 11) is -1.46. The highest BCUT2D eigenvalue weighted by Crippen LogP contribution is 2.35. The molecule has 7 heteroatoms. The molecule has 0 aliphatic rings. The lowest BCUT2D eigenvalue weighted by molar-refractivity contribution is -0.219. The van der Waals surface area contributed by atoms with E-state index in [1.807, 2.05) is 20.1 Å². The Kier molecular flexibility index (Phi) is 6.72. The van der Waals surface area contributed by atoms with Crippen molar-refractivity contribution in [2.24, 2.45) is 5.92 Å². The van der Waals surface area contributed by atoms with Gasteiger partial charge in [0, 0.05) is 5.25 Å². The lowest BCUT2D eigenvalue weighted by atomic mass is 10.1. The first-order valence-corrected chi connectivity index (χ1v) is 7.86. The van der Waals surface area contributed by atoms with Gasteiger partial charge < -0.3 is 14.3 Å². The Hall–Kier alpha value is 0.810. The monoisotopic (exact) mass is 245 g/mol. The fourth-order valence-corrected chi connectivity index (χ4v) is 3.24. The number of hydrogen-bond donors (Lipinski definition) is 1. The van der Waals surface area contributed by atoms with Gasteiger partial charge in [-0.25, -0.2) is 0 Å². The number of phosphoric acid groups is 1. The van der Waals surface area contributed by atoms with E-state index in [1.165, 1.54) is 0 Å². The summed E-state index contributed by atoms with van der Waals surface area (Å²) in [5.74, 6) is 0.309. The summed E-state index contributed by atoms with van der Waals surface area (Å²) in [6.07, 6.45) is 1.91. The average molecular weight is 245 g/mol. The Labute approximate surface area is 86.5 Å². The standard InChI is InChI=1S/C6H15O4PS2/c1-5(2)6(13-12-3)4-10-11(7,8)9/h5-6H,4H2,1-3H3,(H2,7,8,9)/p-1/t6-/m1/s1. The summed E-state index contributed by atoms with van der Waals surface area (Å²) in [6.45, 7) is 3.98. The highest BCUT2D eigenvalue weighted by molar-refractivity contribution is 8.76. The van der Waals surface area contributed by atoms with E-state index in [0.29, 0.717) is 5.92 Å². The van der Waals surface area contributed by atoms with E-state index in [4.69, 9.17) is 4.89 Å². The van der Waals surface area contributed by atoms with E-state index in [1.54, 1.807) is 21.6 Å². The van der Waals surface area contributed by atoms with Crippen molar-refractivity contribution < 1.29 is 18.9 Å². The zero-order valence-electron chi connectivity index (χ0n) is 7.80. The molecule has 0 bridgehead atoms. The lowest BCUT2D eigenvalue weighted by Crippen LogP contribution is -2.18. The van der Waals surface area contributed by atoms with Gasteiger partial charge in [-0.1, -0.05) is 35.4 Å². The van der Waals surface area contributed by atoms with Crippen molar-refractivity contribution in [3.05, 3.63) is 0 Å². The first kappa shape index (κ1) is 13.8. The van der Waals surface area contributed by atoms with E-state index in [-0.39, 0.29) is 11.9 Å². The van der Waals surface area contributed by atoms with E-state index in [2.05, 4.69) is 4.52 Å². The molecule has 0 saturated heterocycles. The molecule has 0 aliphatic heterocycles. The Morgan fingerprint density at radius 1 is 1.62 bits per heavy atom. The van der Waals surface area contributed by atoms with Crippen molar-refractivity contribution >= 4 is 29.4 Å². The molecule has 0 aromatic carbocycles. The molecular formula is C6H14O4PS2-. The van der Waals surface area contributed by atoms with E-state index in [9.17, 15) is 9.46 Å². The van der Waals surface area contributed by atoms with Crippen LogP contribution in [0.3, 0.4) is 0 Å². The number of hydrogen-bond acceptors (Lipinski definition) is 5. The van der Waals surface area contributed by atoms with Crippen LogP contribution in [-0.4, -0.2) is 23.0 Å². The van der Waals surface area contributed by atoms with Gasteiger partial charge >= 0.3 is 0 Å². The van der Waals surface area contributed by atoms with Gasteiger partial charge in [-0.05, 0) is 12.2 Å². The second-order valence-electron chi connectivity index (χ2n) is 2.81. The summed E-state index contributed by atoms with van der Waals surface area (Å²) in [4.78, 5) is 18.7. The maximum atomic E-state index is 10.3. The molecule has 13 heavy (non-hydrogen) atoms. The minimum atomic E-state index is -4.56. The predicted molar refractivity (Wildman–Crippen MR) is 55.5 cm³/mol. The van der Waals surface area contributed by atoms with Crippen LogP contribution in [-0.2, 0) is 9.09 Å². The molecule has 0 rings (SSSR count).